The second kappa shape index (κ2) is 4.52. The molecule has 0 bridgehead atoms. The van der Waals surface area contributed by atoms with Crippen LogP contribution in [0.3, 0.4) is 0 Å². The van der Waals surface area contributed by atoms with Crippen LogP contribution in [0.2, 0.25) is 0 Å². The molecule has 2 N–H and O–H groups in total. The van der Waals surface area contributed by atoms with Crippen LogP contribution in [0.15, 0.2) is 28.7 Å². The van der Waals surface area contributed by atoms with E-state index in [1.165, 1.54) is 0 Å². The lowest BCUT2D eigenvalue weighted by Gasteiger charge is -1.99. The van der Waals surface area contributed by atoms with Crippen LogP contribution < -0.4 is 5.32 Å². The standard InChI is InChI=1S/C12H11N5O2/c1-7-14-16-10(19-7)6-13-12(18)11-8-4-2-3-5-9(8)15-17-11/h2-5H,6H2,1H3,(H,13,18)(H,15,17). The van der Waals surface area contributed by atoms with Gasteiger partial charge in [-0.2, -0.15) is 5.10 Å². The average Bonchev–Trinajstić information content (AvgIpc) is 3.02. The highest BCUT2D eigenvalue weighted by Gasteiger charge is 2.14. The second-order valence-corrected chi connectivity index (χ2v) is 4.02. The lowest BCUT2D eigenvalue weighted by molar-refractivity contribution is 0.0943. The molecule has 0 aliphatic rings. The predicted molar refractivity (Wildman–Crippen MR) is 66.3 cm³/mol. The molecule has 0 aliphatic carbocycles. The molecule has 0 fully saturated rings. The highest BCUT2D eigenvalue weighted by Crippen LogP contribution is 2.14. The van der Waals surface area contributed by atoms with E-state index >= 15 is 0 Å². The Hall–Kier alpha value is -2.70. The van der Waals surface area contributed by atoms with Crippen LogP contribution >= 0.6 is 0 Å². The summed E-state index contributed by atoms with van der Waals surface area (Å²) in [6.07, 6.45) is 0. The molecule has 0 saturated carbocycles. The number of aromatic amines is 1. The molecule has 2 aromatic heterocycles. The van der Waals surface area contributed by atoms with Gasteiger partial charge in [0.1, 0.15) is 0 Å². The fourth-order valence-corrected chi connectivity index (χ4v) is 1.79. The number of hydrogen-bond acceptors (Lipinski definition) is 5. The predicted octanol–water partition coefficient (Wildman–Crippen LogP) is 1.18. The van der Waals surface area contributed by atoms with E-state index in [4.69, 9.17) is 4.42 Å². The molecule has 1 amide bonds. The number of hydrogen-bond donors (Lipinski definition) is 2. The normalized spacial score (nSPS) is 10.8. The van der Waals surface area contributed by atoms with Crippen molar-refractivity contribution in [2.75, 3.05) is 0 Å². The number of H-pyrrole nitrogens is 1. The van der Waals surface area contributed by atoms with Gasteiger partial charge in [-0.25, -0.2) is 0 Å². The summed E-state index contributed by atoms with van der Waals surface area (Å²) in [5, 5.41) is 17.8. The third kappa shape index (κ3) is 2.17. The minimum atomic E-state index is -0.284. The van der Waals surface area contributed by atoms with Crippen LogP contribution in [0.1, 0.15) is 22.3 Å². The van der Waals surface area contributed by atoms with Crippen molar-refractivity contribution < 1.29 is 9.21 Å². The molecule has 0 spiro atoms. The van der Waals surface area contributed by atoms with E-state index in [1.54, 1.807) is 6.92 Å². The van der Waals surface area contributed by atoms with Gasteiger partial charge >= 0.3 is 0 Å². The van der Waals surface area contributed by atoms with Crippen molar-refractivity contribution in [2.45, 2.75) is 13.5 Å². The SMILES string of the molecule is Cc1nnc(CNC(=O)c2n[nH]c3ccccc23)o1. The summed E-state index contributed by atoms with van der Waals surface area (Å²) in [5.41, 5.74) is 1.17. The molecule has 19 heavy (non-hydrogen) atoms. The molecular formula is C12H11N5O2. The summed E-state index contributed by atoms with van der Waals surface area (Å²) < 4.78 is 5.17. The number of para-hydroxylation sites is 1. The average molecular weight is 257 g/mol. The largest absolute Gasteiger partial charge is 0.424 e. The second-order valence-electron chi connectivity index (χ2n) is 4.02. The molecule has 0 unspecified atom stereocenters. The zero-order chi connectivity index (χ0) is 13.2. The minimum Gasteiger partial charge on any atom is -0.424 e. The molecule has 7 nitrogen and oxygen atoms in total. The fourth-order valence-electron chi connectivity index (χ4n) is 1.79. The van der Waals surface area contributed by atoms with Gasteiger partial charge in [-0.1, -0.05) is 18.2 Å². The molecule has 0 saturated heterocycles. The molecule has 0 aliphatic heterocycles. The summed E-state index contributed by atoms with van der Waals surface area (Å²) in [6.45, 7) is 1.88. The zero-order valence-corrected chi connectivity index (χ0v) is 10.2. The highest BCUT2D eigenvalue weighted by atomic mass is 16.4. The third-order valence-electron chi connectivity index (χ3n) is 2.65. The van der Waals surface area contributed by atoms with Gasteiger partial charge in [-0.15, -0.1) is 10.2 Å². The number of amides is 1. The van der Waals surface area contributed by atoms with E-state index < -0.39 is 0 Å². The first-order valence-electron chi connectivity index (χ1n) is 5.74. The van der Waals surface area contributed by atoms with Crippen LogP contribution in [-0.4, -0.2) is 26.3 Å². The van der Waals surface area contributed by atoms with Crippen LogP contribution in [0.25, 0.3) is 10.9 Å². The zero-order valence-electron chi connectivity index (χ0n) is 10.2. The number of nitrogens with one attached hydrogen (secondary N) is 2. The van der Waals surface area contributed by atoms with Crippen molar-refractivity contribution >= 4 is 16.8 Å². The number of carbonyl (C=O) groups excluding carboxylic acids is 1. The molecule has 96 valence electrons. The first-order chi connectivity index (χ1) is 9.24. The molecule has 0 atom stereocenters. The Morgan fingerprint density at radius 2 is 2.21 bits per heavy atom. The Bertz CT molecular complexity index is 730. The maximum atomic E-state index is 12.0. The van der Waals surface area contributed by atoms with E-state index in [2.05, 4.69) is 25.7 Å². The Labute approximate surface area is 108 Å². The van der Waals surface area contributed by atoms with Crippen LogP contribution in [-0.2, 0) is 6.54 Å². The Morgan fingerprint density at radius 3 is 3.00 bits per heavy atom. The lowest BCUT2D eigenvalue weighted by Crippen LogP contribution is -2.23. The summed E-state index contributed by atoms with van der Waals surface area (Å²) >= 11 is 0. The van der Waals surface area contributed by atoms with E-state index in [1.807, 2.05) is 24.3 Å². The molecular weight excluding hydrogens is 246 g/mol. The number of rotatable bonds is 3. The fraction of sp³-hybridized carbons (Fsp3) is 0.167. The molecule has 0 radical (unpaired) electrons. The number of aromatic nitrogens is 4. The van der Waals surface area contributed by atoms with Crippen LogP contribution in [0, 0.1) is 6.92 Å². The van der Waals surface area contributed by atoms with Crippen LogP contribution in [0.4, 0.5) is 0 Å². The van der Waals surface area contributed by atoms with Crippen molar-refractivity contribution in [3.63, 3.8) is 0 Å². The van der Waals surface area contributed by atoms with Gasteiger partial charge < -0.3 is 9.73 Å². The van der Waals surface area contributed by atoms with Gasteiger partial charge in [0.05, 0.1) is 12.1 Å². The molecule has 2 heterocycles. The van der Waals surface area contributed by atoms with E-state index in [0.717, 1.165) is 10.9 Å². The first-order valence-corrected chi connectivity index (χ1v) is 5.74. The topological polar surface area (TPSA) is 96.7 Å². The Morgan fingerprint density at radius 1 is 1.37 bits per heavy atom. The molecule has 7 heteroatoms. The summed E-state index contributed by atoms with van der Waals surface area (Å²) in [5.74, 6) is 0.550. The van der Waals surface area contributed by atoms with Crippen molar-refractivity contribution in [1.82, 2.24) is 25.7 Å². The minimum absolute atomic E-state index is 0.181. The van der Waals surface area contributed by atoms with Crippen molar-refractivity contribution in [3.05, 3.63) is 41.7 Å². The third-order valence-corrected chi connectivity index (χ3v) is 2.65. The number of carbonyl (C=O) groups is 1. The highest BCUT2D eigenvalue weighted by molar-refractivity contribution is 6.04. The smallest absolute Gasteiger partial charge is 0.272 e. The van der Waals surface area contributed by atoms with Gasteiger partial charge in [0.25, 0.3) is 5.91 Å². The van der Waals surface area contributed by atoms with Gasteiger partial charge in [0.15, 0.2) is 5.69 Å². The Kier molecular flexibility index (Phi) is 2.71. The number of fused-ring (bicyclic) bond motifs is 1. The van der Waals surface area contributed by atoms with Crippen molar-refractivity contribution in [1.29, 1.82) is 0 Å². The number of aryl methyl sites for hydroxylation is 1. The number of benzene rings is 1. The monoisotopic (exact) mass is 257 g/mol. The van der Waals surface area contributed by atoms with Crippen LogP contribution in [0.5, 0.6) is 0 Å². The first kappa shape index (κ1) is 11.4. The van der Waals surface area contributed by atoms with Gasteiger partial charge in [-0.3, -0.25) is 9.89 Å². The van der Waals surface area contributed by atoms with Gasteiger partial charge in [0.2, 0.25) is 11.8 Å². The van der Waals surface area contributed by atoms with E-state index in [-0.39, 0.29) is 12.5 Å². The van der Waals surface area contributed by atoms with Crippen molar-refractivity contribution in [2.24, 2.45) is 0 Å². The van der Waals surface area contributed by atoms with E-state index in [0.29, 0.717) is 17.5 Å². The molecule has 3 rings (SSSR count). The number of nitrogens with zero attached hydrogens (tertiary/aromatic N) is 3. The molecule has 1 aromatic carbocycles. The maximum absolute atomic E-state index is 12.0. The Balaban J connectivity index is 1.77. The van der Waals surface area contributed by atoms with Gasteiger partial charge in [-0.05, 0) is 6.07 Å². The van der Waals surface area contributed by atoms with Gasteiger partial charge in [0, 0.05) is 12.3 Å². The van der Waals surface area contributed by atoms with Crippen molar-refractivity contribution in [3.8, 4) is 0 Å². The summed E-state index contributed by atoms with van der Waals surface area (Å²) in [7, 11) is 0. The van der Waals surface area contributed by atoms with E-state index in [9.17, 15) is 4.79 Å². The maximum Gasteiger partial charge on any atom is 0.272 e. The lowest BCUT2D eigenvalue weighted by atomic mass is 10.2. The molecule has 3 aromatic rings. The summed E-state index contributed by atoms with van der Waals surface area (Å²) in [6, 6.07) is 7.44. The summed E-state index contributed by atoms with van der Waals surface area (Å²) in [4.78, 5) is 12.0. The quantitative estimate of drug-likeness (QED) is 0.734.